The Kier molecular flexibility index (Phi) is 4.86. The maximum atomic E-state index is 5.09. The second-order valence-corrected chi connectivity index (χ2v) is 7.27. The second kappa shape index (κ2) is 6.94. The minimum atomic E-state index is 0.0304. The molecule has 1 aromatic heterocycles. The summed E-state index contributed by atoms with van der Waals surface area (Å²) in [5, 5.41) is 0. The largest absolute Gasteiger partial charge is 0.481 e. The molecule has 0 amide bonds. The van der Waals surface area contributed by atoms with Crippen molar-refractivity contribution in [2.24, 2.45) is 4.99 Å². The van der Waals surface area contributed by atoms with Crippen molar-refractivity contribution < 1.29 is 4.74 Å². The van der Waals surface area contributed by atoms with Crippen molar-refractivity contribution >= 4 is 23.2 Å². The van der Waals surface area contributed by atoms with Gasteiger partial charge in [-0.3, -0.25) is 4.99 Å². The third kappa shape index (κ3) is 3.36. The maximum Gasteiger partial charge on any atom is 0.213 e. The fourth-order valence-corrected chi connectivity index (χ4v) is 3.68. The zero-order chi connectivity index (χ0) is 18.9. The van der Waals surface area contributed by atoms with Gasteiger partial charge in [-0.15, -0.1) is 0 Å². The lowest BCUT2D eigenvalue weighted by Gasteiger charge is -2.43. The van der Waals surface area contributed by atoms with Gasteiger partial charge in [0.2, 0.25) is 5.88 Å². The molecule has 26 heavy (non-hydrogen) atoms. The van der Waals surface area contributed by atoms with E-state index in [1.54, 1.807) is 13.3 Å². The number of ether oxygens (including phenoxy) is 1. The molecule has 0 spiro atoms. The first-order valence-electron chi connectivity index (χ1n) is 9.02. The summed E-state index contributed by atoms with van der Waals surface area (Å²) in [7, 11) is 1.61. The van der Waals surface area contributed by atoms with Gasteiger partial charge >= 0.3 is 0 Å². The molecular weight excluding hydrogens is 322 g/mol. The summed E-state index contributed by atoms with van der Waals surface area (Å²) in [6.45, 7) is 12.1. The number of pyridine rings is 1. The quantitative estimate of drug-likeness (QED) is 0.715. The monoisotopic (exact) mass is 349 g/mol. The topological polar surface area (TPSA) is 37.7 Å². The van der Waals surface area contributed by atoms with Crippen molar-refractivity contribution in [2.45, 2.75) is 40.2 Å². The molecule has 4 heteroatoms. The van der Waals surface area contributed by atoms with Gasteiger partial charge in [-0.25, -0.2) is 4.98 Å². The molecule has 4 nitrogen and oxygen atoms in total. The Balaban J connectivity index is 1.98. The SMILES string of the molecule is CCN1c2cc(C)c(C=Nc3ccc(OC)nc3)cc2C(C)=CC1(C)C. The highest BCUT2D eigenvalue weighted by Crippen LogP contribution is 2.39. The first-order chi connectivity index (χ1) is 12.4. The van der Waals surface area contributed by atoms with Gasteiger partial charge < -0.3 is 9.64 Å². The van der Waals surface area contributed by atoms with Gasteiger partial charge in [-0.1, -0.05) is 6.08 Å². The van der Waals surface area contributed by atoms with Crippen LogP contribution in [-0.2, 0) is 0 Å². The zero-order valence-corrected chi connectivity index (χ0v) is 16.5. The highest BCUT2D eigenvalue weighted by atomic mass is 16.5. The van der Waals surface area contributed by atoms with E-state index in [4.69, 9.17) is 4.74 Å². The van der Waals surface area contributed by atoms with Crippen molar-refractivity contribution in [1.82, 2.24) is 4.98 Å². The number of likely N-dealkylation sites (N-methyl/N-ethyl adjacent to an activating group) is 1. The molecule has 0 N–H and O–H groups in total. The van der Waals surface area contributed by atoms with Crippen molar-refractivity contribution in [2.75, 3.05) is 18.6 Å². The predicted molar refractivity (Wildman–Crippen MR) is 110 cm³/mol. The van der Waals surface area contributed by atoms with Crippen molar-refractivity contribution in [3.05, 3.63) is 53.2 Å². The van der Waals surface area contributed by atoms with Crippen LogP contribution in [0.5, 0.6) is 5.88 Å². The molecule has 0 fully saturated rings. The molecule has 0 bridgehead atoms. The van der Waals surface area contributed by atoms with Gasteiger partial charge in [-0.05, 0) is 69.5 Å². The van der Waals surface area contributed by atoms with E-state index < -0.39 is 0 Å². The molecule has 1 aliphatic rings. The van der Waals surface area contributed by atoms with E-state index in [1.165, 1.54) is 22.4 Å². The van der Waals surface area contributed by atoms with E-state index in [0.29, 0.717) is 5.88 Å². The number of hydrogen-bond donors (Lipinski definition) is 0. The van der Waals surface area contributed by atoms with Crippen LogP contribution in [0.3, 0.4) is 0 Å². The predicted octanol–water partition coefficient (Wildman–Crippen LogP) is 5.17. The summed E-state index contributed by atoms with van der Waals surface area (Å²) in [6, 6.07) is 8.25. The summed E-state index contributed by atoms with van der Waals surface area (Å²) in [5.41, 5.74) is 7.09. The van der Waals surface area contributed by atoms with Crippen molar-refractivity contribution in [3.8, 4) is 5.88 Å². The van der Waals surface area contributed by atoms with Crippen molar-refractivity contribution in [3.63, 3.8) is 0 Å². The Bertz CT molecular complexity index is 864. The molecule has 0 unspecified atom stereocenters. The molecular formula is C22H27N3O. The number of aliphatic imine (C=N–C) groups is 1. The molecule has 0 radical (unpaired) electrons. The highest BCUT2D eigenvalue weighted by molar-refractivity contribution is 5.90. The van der Waals surface area contributed by atoms with Crippen molar-refractivity contribution in [1.29, 1.82) is 0 Å². The standard InChI is InChI=1S/C22H27N3O/c1-7-25-20-10-15(2)17(11-19(20)16(3)12-22(25,4)5)13-23-18-8-9-21(26-6)24-14-18/h8-14H,7H2,1-6H3. The number of aryl methyl sites for hydroxylation is 1. The number of anilines is 1. The third-order valence-corrected chi connectivity index (χ3v) is 4.96. The van der Waals surface area contributed by atoms with E-state index in [0.717, 1.165) is 17.8 Å². The summed E-state index contributed by atoms with van der Waals surface area (Å²) in [5.74, 6) is 0.594. The number of allylic oxidation sites excluding steroid dienone is 1. The first-order valence-corrected chi connectivity index (χ1v) is 9.02. The molecule has 136 valence electrons. The van der Waals surface area contributed by atoms with Gasteiger partial charge in [0.25, 0.3) is 0 Å². The van der Waals surface area contributed by atoms with Gasteiger partial charge in [0.15, 0.2) is 0 Å². The molecule has 2 heterocycles. The Morgan fingerprint density at radius 2 is 2.00 bits per heavy atom. The highest BCUT2D eigenvalue weighted by Gasteiger charge is 2.30. The number of rotatable bonds is 4. The second-order valence-electron chi connectivity index (χ2n) is 7.27. The van der Waals surface area contributed by atoms with E-state index in [-0.39, 0.29) is 5.54 Å². The average Bonchev–Trinajstić information content (AvgIpc) is 2.60. The van der Waals surface area contributed by atoms with Crippen LogP contribution in [0.15, 0.2) is 41.5 Å². The summed E-state index contributed by atoms with van der Waals surface area (Å²) >= 11 is 0. The van der Waals surface area contributed by atoms with E-state index in [9.17, 15) is 0 Å². The van der Waals surface area contributed by atoms with Crippen LogP contribution in [0.1, 0.15) is 44.4 Å². The Labute approximate surface area is 156 Å². The number of aromatic nitrogens is 1. The van der Waals surface area contributed by atoms with Gasteiger partial charge in [0, 0.05) is 30.1 Å². The first kappa shape index (κ1) is 18.2. The third-order valence-electron chi connectivity index (χ3n) is 4.96. The number of nitrogens with zero attached hydrogens (tertiary/aromatic N) is 3. The Morgan fingerprint density at radius 3 is 2.62 bits per heavy atom. The van der Waals surface area contributed by atoms with Gasteiger partial charge in [0.1, 0.15) is 0 Å². The molecule has 1 aromatic carbocycles. The van der Waals surface area contributed by atoms with Crippen LogP contribution >= 0.6 is 0 Å². The Hall–Kier alpha value is -2.62. The molecule has 0 atom stereocenters. The molecule has 0 saturated carbocycles. The summed E-state index contributed by atoms with van der Waals surface area (Å²) in [6.07, 6.45) is 5.99. The normalized spacial score (nSPS) is 15.8. The minimum absolute atomic E-state index is 0.0304. The van der Waals surface area contributed by atoms with Crippen LogP contribution in [0.25, 0.3) is 5.57 Å². The maximum absolute atomic E-state index is 5.09. The number of methoxy groups -OCH3 is 1. The molecule has 3 rings (SSSR count). The molecule has 0 saturated heterocycles. The smallest absolute Gasteiger partial charge is 0.213 e. The fraction of sp³-hybridized carbons (Fsp3) is 0.364. The lowest BCUT2D eigenvalue weighted by molar-refractivity contribution is 0.398. The lowest BCUT2D eigenvalue weighted by atomic mass is 9.87. The van der Waals surface area contributed by atoms with E-state index in [2.05, 4.69) is 67.7 Å². The van der Waals surface area contributed by atoms with Crippen LogP contribution in [0.4, 0.5) is 11.4 Å². The van der Waals surface area contributed by atoms with Gasteiger partial charge in [0.05, 0.1) is 24.5 Å². The number of benzene rings is 1. The number of hydrogen-bond acceptors (Lipinski definition) is 4. The van der Waals surface area contributed by atoms with Crippen LogP contribution in [0.2, 0.25) is 0 Å². The Morgan fingerprint density at radius 1 is 1.23 bits per heavy atom. The summed E-state index contributed by atoms with van der Waals surface area (Å²) in [4.78, 5) is 11.2. The van der Waals surface area contributed by atoms with Gasteiger partial charge in [-0.2, -0.15) is 0 Å². The van der Waals surface area contributed by atoms with E-state index in [1.807, 2.05) is 18.3 Å². The summed E-state index contributed by atoms with van der Waals surface area (Å²) < 4.78 is 5.09. The average molecular weight is 349 g/mol. The fourth-order valence-electron chi connectivity index (χ4n) is 3.68. The number of fused-ring (bicyclic) bond motifs is 1. The van der Waals surface area contributed by atoms with Crippen LogP contribution in [0, 0.1) is 6.92 Å². The molecule has 0 aliphatic carbocycles. The zero-order valence-electron chi connectivity index (χ0n) is 16.5. The van der Waals surface area contributed by atoms with Crippen LogP contribution in [-0.4, -0.2) is 30.4 Å². The lowest BCUT2D eigenvalue weighted by Crippen LogP contribution is -2.45. The molecule has 2 aromatic rings. The van der Waals surface area contributed by atoms with E-state index >= 15 is 0 Å². The minimum Gasteiger partial charge on any atom is -0.481 e. The van der Waals surface area contributed by atoms with Crippen LogP contribution < -0.4 is 9.64 Å². The molecule has 1 aliphatic heterocycles.